The van der Waals surface area contributed by atoms with Crippen LogP contribution in [0.1, 0.15) is 0 Å². The maximum atomic E-state index is 9.24. The first kappa shape index (κ1) is 12.2. The zero-order valence-corrected chi connectivity index (χ0v) is 10.9. The molecule has 0 bridgehead atoms. The molecule has 1 heterocycles. The van der Waals surface area contributed by atoms with Crippen molar-refractivity contribution in [2.45, 2.75) is 0 Å². The molecule has 1 fully saturated rings. The first-order valence-corrected chi connectivity index (χ1v) is 6.09. The zero-order chi connectivity index (χ0) is 11.6. The van der Waals surface area contributed by atoms with Crippen LogP contribution in [0.15, 0.2) is 22.7 Å². The third-order valence-corrected chi connectivity index (χ3v) is 3.38. The van der Waals surface area contributed by atoms with Gasteiger partial charge in [-0.1, -0.05) is 27.5 Å². The number of ether oxygens (including phenoxy) is 2. The van der Waals surface area contributed by atoms with Crippen molar-refractivity contribution in [3.05, 3.63) is 27.7 Å². The van der Waals surface area contributed by atoms with Gasteiger partial charge in [-0.15, -0.1) is 0 Å². The lowest BCUT2D eigenvalue weighted by Crippen LogP contribution is -2.49. The summed E-state index contributed by atoms with van der Waals surface area (Å²) in [5, 5.41) is 9.80. The van der Waals surface area contributed by atoms with Gasteiger partial charge in [0.15, 0.2) is 0 Å². The largest absolute Gasteiger partial charge is 0.491 e. The normalized spacial score (nSPS) is 17.9. The monoisotopic (exact) mass is 306 g/mol. The molecule has 2 rings (SSSR count). The standard InChI is InChI=1S/C11H12BrClO3/c12-8-1-2-9(13)10(3-8)16-7-11(4-14)5-15-6-11/h1-3,14H,4-7H2. The summed E-state index contributed by atoms with van der Waals surface area (Å²) in [6.07, 6.45) is 0. The molecule has 5 heteroatoms. The van der Waals surface area contributed by atoms with E-state index in [-0.39, 0.29) is 12.0 Å². The Morgan fingerprint density at radius 3 is 2.81 bits per heavy atom. The van der Waals surface area contributed by atoms with E-state index in [0.717, 1.165) is 4.47 Å². The minimum atomic E-state index is -0.258. The van der Waals surface area contributed by atoms with Crippen molar-refractivity contribution in [3.8, 4) is 5.75 Å². The summed E-state index contributed by atoms with van der Waals surface area (Å²) in [5.41, 5.74) is -0.258. The van der Waals surface area contributed by atoms with E-state index in [1.807, 2.05) is 12.1 Å². The van der Waals surface area contributed by atoms with Gasteiger partial charge in [-0.2, -0.15) is 0 Å². The van der Waals surface area contributed by atoms with E-state index in [0.29, 0.717) is 30.6 Å². The number of halogens is 2. The van der Waals surface area contributed by atoms with Crippen molar-refractivity contribution in [2.75, 3.05) is 26.4 Å². The highest BCUT2D eigenvalue weighted by atomic mass is 79.9. The maximum absolute atomic E-state index is 9.24. The molecule has 16 heavy (non-hydrogen) atoms. The van der Waals surface area contributed by atoms with E-state index in [2.05, 4.69) is 15.9 Å². The Bertz CT molecular complexity index is 374. The summed E-state index contributed by atoms with van der Waals surface area (Å²) in [6.45, 7) is 1.56. The van der Waals surface area contributed by atoms with E-state index in [9.17, 15) is 5.11 Å². The molecule has 1 N–H and O–H groups in total. The fourth-order valence-electron chi connectivity index (χ4n) is 1.43. The van der Waals surface area contributed by atoms with Crippen molar-refractivity contribution in [1.82, 2.24) is 0 Å². The van der Waals surface area contributed by atoms with Crippen LogP contribution in [-0.2, 0) is 4.74 Å². The Labute approximate surface area is 107 Å². The fourth-order valence-corrected chi connectivity index (χ4v) is 1.94. The second-order valence-corrected chi connectivity index (χ2v) is 5.34. The van der Waals surface area contributed by atoms with Crippen LogP contribution in [0, 0.1) is 5.41 Å². The van der Waals surface area contributed by atoms with Gasteiger partial charge in [0, 0.05) is 4.47 Å². The average Bonchev–Trinajstić information content (AvgIpc) is 2.22. The van der Waals surface area contributed by atoms with E-state index in [4.69, 9.17) is 21.1 Å². The number of hydrogen-bond acceptors (Lipinski definition) is 3. The molecule has 88 valence electrons. The molecule has 0 spiro atoms. The minimum Gasteiger partial charge on any atom is -0.491 e. The molecular weight excluding hydrogens is 295 g/mol. The second kappa shape index (κ2) is 4.92. The molecule has 1 aliphatic rings. The van der Waals surface area contributed by atoms with Gasteiger partial charge in [0.2, 0.25) is 0 Å². The molecule has 1 aromatic carbocycles. The molecule has 1 aliphatic heterocycles. The summed E-state index contributed by atoms with van der Waals surface area (Å²) >= 11 is 9.34. The molecule has 0 saturated carbocycles. The van der Waals surface area contributed by atoms with Crippen LogP contribution in [0.3, 0.4) is 0 Å². The molecule has 0 radical (unpaired) electrons. The number of hydrogen-bond donors (Lipinski definition) is 1. The number of rotatable bonds is 4. The van der Waals surface area contributed by atoms with Crippen molar-refractivity contribution < 1.29 is 14.6 Å². The van der Waals surface area contributed by atoms with Crippen molar-refractivity contribution in [2.24, 2.45) is 5.41 Å². The molecule has 3 nitrogen and oxygen atoms in total. The zero-order valence-electron chi connectivity index (χ0n) is 8.58. The third-order valence-electron chi connectivity index (χ3n) is 2.58. The van der Waals surface area contributed by atoms with Crippen molar-refractivity contribution >= 4 is 27.5 Å². The number of aliphatic hydroxyl groups is 1. The average molecular weight is 308 g/mol. The van der Waals surface area contributed by atoms with Gasteiger partial charge >= 0.3 is 0 Å². The first-order chi connectivity index (χ1) is 7.65. The summed E-state index contributed by atoms with van der Waals surface area (Å²) in [4.78, 5) is 0. The molecule has 0 aromatic heterocycles. The molecule has 1 aromatic rings. The van der Waals surface area contributed by atoms with Crippen LogP contribution in [0.4, 0.5) is 0 Å². The van der Waals surface area contributed by atoms with Crippen molar-refractivity contribution in [3.63, 3.8) is 0 Å². The smallest absolute Gasteiger partial charge is 0.139 e. The Morgan fingerprint density at radius 2 is 2.25 bits per heavy atom. The lowest BCUT2D eigenvalue weighted by molar-refractivity contribution is -0.153. The predicted molar refractivity (Wildman–Crippen MR) is 65.0 cm³/mol. The predicted octanol–water partition coefficient (Wildman–Crippen LogP) is 2.49. The highest BCUT2D eigenvalue weighted by Gasteiger charge is 2.39. The molecular formula is C11H12BrClO3. The van der Waals surface area contributed by atoms with Crippen LogP contribution in [0.25, 0.3) is 0 Å². The van der Waals surface area contributed by atoms with Gasteiger partial charge < -0.3 is 14.6 Å². The molecule has 0 atom stereocenters. The van der Waals surface area contributed by atoms with Crippen LogP contribution >= 0.6 is 27.5 Å². The molecule has 0 amide bonds. The highest BCUT2D eigenvalue weighted by Crippen LogP contribution is 2.32. The Morgan fingerprint density at radius 1 is 1.50 bits per heavy atom. The summed E-state index contributed by atoms with van der Waals surface area (Å²) in [6, 6.07) is 5.43. The van der Waals surface area contributed by atoms with Crippen molar-refractivity contribution in [1.29, 1.82) is 0 Å². The minimum absolute atomic E-state index is 0.0681. The summed E-state index contributed by atoms with van der Waals surface area (Å²) in [7, 11) is 0. The fraction of sp³-hybridized carbons (Fsp3) is 0.455. The first-order valence-electron chi connectivity index (χ1n) is 4.92. The lowest BCUT2D eigenvalue weighted by atomic mass is 9.88. The van der Waals surface area contributed by atoms with Gasteiger partial charge in [-0.05, 0) is 18.2 Å². The van der Waals surface area contributed by atoms with E-state index < -0.39 is 0 Å². The second-order valence-electron chi connectivity index (χ2n) is 4.01. The van der Waals surface area contributed by atoms with Crippen LogP contribution in [0.5, 0.6) is 5.75 Å². The SMILES string of the molecule is OCC1(COc2cc(Br)ccc2Cl)COC1. The third kappa shape index (κ3) is 2.51. The topological polar surface area (TPSA) is 38.7 Å². The van der Waals surface area contributed by atoms with Crippen LogP contribution in [0.2, 0.25) is 5.02 Å². The lowest BCUT2D eigenvalue weighted by Gasteiger charge is -2.39. The van der Waals surface area contributed by atoms with E-state index >= 15 is 0 Å². The Kier molecular flexibility index (Phi) is 3.74. The van der Waals surface area contributed by atoms with Gasteiger partial charge in [0.1, 0.15) is 12.4 Å². The van der Waals surface area contributed by atoms with Gasteiger partial charge in [0.05, 0.1) is 30.3 Å². The summed E-state index contributed by atoms with van der Waals surface area (Å²) < 4.78 is 11.6. The van der Waals surface area contributed by atoms with E-state index in [1.165, 1.54) is 0 Å². The van der Waals surface area contributed by atoms with Gasteiger partial charge in [-0.25, -0.2) is 0 Å². The molecule has 0 aliphatic carbocycles. The quantitative estimate of drug-likeness (QED) is 0.929. The van der Waals surface area contributed by atoms with Crippen LogP contribution in [-0.4, -0.2) is 31.5 Å². The number of aliphatic hydroxyl groups excluding tert-OH is 1. The maximum Gasteiger partial charge on any atom is 0.139 e. The molecule has 1 saturated heterocycles. The highest BCUT2D eigenvalue weighted by molar-refractivity contribution is 9.10. The van der Waals surface area contributed by atoms with Gasteiger partial charge in [-0.3, -0.25) is 0 Å². The van der Waals surface area contributed by atoms with E-state index in [1.54, 1.807) is 6.07 Å². The van der Waals surface area contributed by atoms with Gasteiger partial charge in [0.25, 0.3) is 0 Å². The number of benzene rings is 1. The summed E-state index contributed by atoms with van der Waals surface area (Å²) in [5.74, 6) is 0.621. The molecule has 0 unspecified atom stereocenters. The van der Waals surface area contributed by atoms with Crippen LogP contribution < -0.4 is 4.74 Å². The Balaban J connectivity index is 2.01. The Hall–Kier alpha value is -0.290.